The van der Waals surface area contributed by atoms with Crippen LogP contribution in [0.4, 0.5) is 0 Å². The van der Waals surface area contributed by atoms with Crippen LogP contribution in [0.2, 0.25) is 0 Å². The Morgan fingerprint density at radius 3 is 2.55 bits per heavy atom. The highest BCUT2D eigenvalue weighted by atomic mass is 35.5. The van der Waals surface area contributed by atoms with E-state index in [2.05, 4.69) is 17.0 Å². The van der Waals surface area contributed by atoms with Gasteiger partial charge in [0, 0.05) is 18.5 Å². The van der Waals surface area contributed by atoms with Gasteiger partial charge in [0.25, 0.3) is 0 Å². The van der Waals surface area contributed by atoms with Gasteiger partial charge in [0.2, 0.25) is 5.91 Å². The fourth-order valence-corrected chi connectivity index (χ4v) is 3.68. The highest BCUT2D eigenvalue weighted by Crippen LogP contribution is 2.36. The third kappa shape index (κ3) is 3.39. The van der Waals surface area contributed by atoms with Gasteiger partial charge < -0.3 is 15.4 Å². The summed E-state index contributed by atoms with van der Waals surface area (Å²) in [5.41, 5.74) is 7.17. The molecule has 1 amide bonds. The summed E-state index contributed by atoms with van der Waals surface area (Å²) in [6, 6.07) is 8.54. The van der Waals surface area contributed by atoms with E-state index >= 15 is 0 Å². The van der Waals surface area contributed by atoms with E-state index in [1.807, 2.05) is 12.1 Å². The molecule has 2 fully saturated rings. The summed E-state index contributed by atoms with van der Waals surface area (Å²) in [5, 5.41) is 0. The smallest absolute Gasteiger partial charge is 0.226 e. The van der Waals surface area contributed by atoms with Gasteiger partial charge >= 0.3 is 0 Å². The topological polar surface area (TPSA) is 55.6 Å². The molecule has 2 aliphatic rings. The zero-order valence-corrected chi connectivity index (χ0v) is 13.8. The van der Waals surface area contributed by atoms with Crippen LogP contribution < -0.4 is 10.5 Å². The molecule has 0 aromatic heterocycles. The average molecular weight is 325 g/mol. The number of carbonyl (C=O) groups is 1. The fourth-order valence-electron chi connectivity index (χ4n) is 3.68. The lowest BCUT2D eigenvalue weighted by atomic mass is 10.0. The number of halogens is 1. The van der Waals surface area contributed by atoms with Crippen molar-refractivity contribution in [3.63, 3.8) is 0 Å². The number of nitrogens with zero attached hydrogens (tertiary/aromatic N) is 1. The number of nitrogens with two attached hydrogens (primary N) is 1. The Kier molecular flexibility index (Phi) is 5.70. The van der Waals surface area contributed by atoms with Crippen LogP contribution in [0.3, 0.4) is 0 Å². The van der Waals surface area contributed by atoms with Crippen LogP contribution in [-0.2, 0) is 4.79 Å². The fraction of sp³-hybridized carbons (Fsp3) is 0.588. The Morgan fingerprint density at radius 2 is 1.95 bits per heavy atom. The molecule has 3 unspecified atom stereocenters. The van der Waals surface area contributed by atoms with E-state index in [0.717, 1.165) is 44.4 Å². The first-order valence-corrected chi connectivity index (χ1v) is 7.89. The highest BCUT2D eigenvalue weighted by Gasteiger charge is 2.36. The van der Waals surface area contributed by atoms with E-state index < -0.39 is 0 Å². The van der Waals surface area contributed by atoms with Crippen molar-refractivity contribution in [3.05, 3.63) is 29.8 Å². The molecule has 0 radical (unpaired) electrons. The molecule has 3 atom stereocenters. The Bertz CT molecular complexity index is 506. The number of carbonyl (C=O) groups excluding carboxylic acids is 1. The number of likely N-dealkylation sites (tertiary alicyclic amines) is 1. The van der Waals surface area contributed by atoms with Crippen molar-refractivity contribution in [2.45, 2.75) is 44.2 Å². The monoisotopic (exact) mass is 324 g/mol. The Labute approximate surface area is 138 Å². The lowest BCUT2D eigenvalue weighted by Crippen LogP contribution is -2.35. The summed E-state index contributed by atoms with van der Waals surface area (Å²) in [6.45, 7) is 0.876. The molecule has 1 saturated heterocycles. The first-order chi connectivity index (χ1) is 10.2. The molecule has 4 nitrogen and oxygen atoms in total. The zero-order valence-electron chi connectivity index (χ0n) is 13.0. The van der Waals surface area contributed by atoms with Crippen molar-refractivity contribution >= 4 is 18.3 Å². The van der Waals surface area contributed by atoms with Crippen molar-refractivity contribution in [1.29, 1.82) is 0 Å². The molecular formula is C17H25ClN2O2. The lowest BCUT2D eigenvalue weighted by Gasteiger charge is -2.28. The number of hydrogen-bond acceptors (Lipinski definition) is 3. The molecule has 0 bridgehead atoms. The SMILES string of the molecule is COc1ccc(C2CCCN2C(=O)C2CCC(N)C2)cc1.Cl. The summed E-state index contributed by atoms with van der Waals surface area (Å²) in [6.07, 6.45) is 4.92. The molecular weight excluding hydrogens is 300 g/mol. The molecule has 2 N–H and O–H groups in total. The third-order valence-electron chi connectivity index (χ3n) is 4.86. The second-order valence-electron chi connectivity index (χ2n) is 6.23. The van der Waals surface area contributed by atoms with Crippen LogP contribution in [0.25, 0.3) is 0 Å². The zero-order chi connectivity index (χ0) is 14.8. The van der Waals surface area contributed by atoms with Crippen LogP contribution in [-0.4, -0.2) is 30.5 Å². The number of benzene rings is 1. The second kappa shape index (κ2) is 7.34. The molecule has 1 aliphatic carbocycles. The predicted octanol–water partition coefficient (Wildman–Crippen LogP) is 2.91. The molecule has 1 aromatic carbocycles. The van der Waals surface area contributed by atoms with Gasteiger partial charge in [-0.3, -0.25) is 4.79 Å². The van der Waals surface area contributed by atoms with Gasteiger partial charge in [-0.05, 0) is 49.8 Å². The molecule has 22 heavy (non-hydrogen) atoms. The van der Waals surface area contributed by atoms with Gasteiger partial charge in [0.15, 0.2) is 0 Å². The van der Waals surface area contributed by atoms with Gasteiger partial charge in [-0.2, -0.15) is 0 Å². The number of methoxy groups -OCH3 is 1. The summed E-state index contributed by atoms with van der Waals surface area (Å²) in [4.78, 5) is 14.8. The third-order valence-corrected chi connectivity index (χ3v) is 4.86. The maximum absolute atomic E-state index is 12.7. The molecule has 3 rings (SSSR count). The number of hydrogen-bond donors (Lipinski definition) is 1. The number of rotatable bonds is 3. The Balaban J connectivity index is 0.00000176. The minimum atomic E-state index is 0. The molecule has 5 heteroatoms. The number of ether oxygens (including phenoxy) is 1. The average Bonchev–Trinajstić information content (AvgIpc) is 3.15. The van der Waals surface area contributed by atoms with Crippen LogP contribution in [0.1, 0.15) is 43.7 Å². The molecule has 1 aromatic rings. The van der Waals surface area contributed by atoms with Gasteiger partial charge in [-0.1, -0.05) is 12.1 Å². The van der Waals surface area contributed by atoms with E-state index in [4.69, 9.17) is 10.5 Å². The minimum absolute atomic E-state index is 0. The molecule has 1 saturated carbocycles. The maximum Gasteiger partial charge on any atom is 0.226 e. The van der Waals surface area contributed by atoms with Gasteiger partial charge in [-0.25, -0.2) is 0 Å². The molecule has 1 heterocycles. The maximum atomic E-state index is 12.7. The standard InChI is InChI=1S/C17H24N2O2.ClH/c1-21-15-8-5-12(6-9-15)16-3-2-10-19(16)17(20)13-4-7-14(18)11-13;/h5-6,8-9,13-14,16H,2-4,7,10-11,18H2,1H3;1H. The lowest BCUT2D eigenvalue weighted by molar-refractivity contribution is -0.136. The van der Waals surface area contributed by atoms with Crippen molar-refractivity contribution in [2.75, 3.05) is 13.7 Å². The predicted molar refractivity (Wildman–Crippen MR) is 89.2 cm³/mol. The summed E-state index contributed by atoms with van der Waals surface area (Å²) in [7, 11) is 1.67. The van der Waals surface area contributed by atoms with Crippen molar-refractivity contribution in [2.24, 2.45) is 11.7 Å². The van der Waals surface area contributed by atoms with E-state index in [-0.39, 0.29) is 30.4 Å². The van der Waals surface area contributed by atoms with E-state index in [0.29, 0.717) is 5.91 Å². The molecule has 1 aliphatic heterocycles. The first kappa shape index (κ1) is 17.1. The second-order valence-corrected chi connectivity index (χ2v) is 6.23. The van der Waals surface area contributed by atoms with Gasteiger partial charge in [-0.15, -0.1) is 12.4 Å². The molecule has 0 spiro atoms. The van der Waals surface area contributed by atoms with Crippen LogP contribution in [0.5, 0.6) is 5.75 Å². The summed E-state index contributed by atoms with van der Waals surface area (Å²) in [5.74, 6) is 1.30. The van der Waals surface area contributed by atoms with E-state index in [1.165, 1.54) is 5.56 Å². The minimum Gasteiger partial charge on any atom is -0.497 e. The summed E-state index contributed by atoms with van der Waals surface area (Å²) < 4.78 is 5.20. The van der Waals surface area contributed by atoms with Crippen LogP contribution >= 0.6 is 12.4 Å². The quantitative estimate of drug-likeness (QED) is 0.930. The highest BCUT2D eigenvalue weighted by molar-refractivity contribution is 5.85. The number of amides is 1. The molecule has 122 valence electrons. The van der Waals surface area contributed by atoms with E-state index in [9.17, 15) is 4.79 Å². The van der Waals surface area contributed by atoms with Crippen LogP contribution in [0.15, 0.2) is 24.3 Å². The van der Waals surface area contributed by atoms with E-state index in [1.54, 1.807) is 7.11 Å². The van der Waals surface area contributed by atoms with Crippen LogP contribution in [0, 0.1) is 5.92 Å². The Morgan fingerprint density at radius 1 is 1.23 bits per heavy atom. The summed E-state index contributed by atoms with van der Waals surface area (Å²) >= 11 is 0. The Hall–Kier alpha value is -1.26. The normalized spacial score (nSPS) is 27.5. The van der Waals surface area contributed by atoms with Crippen molar-refractivity contribution < 1.29 is 9.53 Å². The van der Waals surface area contributed by atoms with Crippen molar-refractivity contribution in [1.82, 2.24) is 4.90 Å². The van der Waals surface area contributed by atoms with Gasteiger partial charge in [0.05, 0.1) is 13.2 Å². The largest absolute Gasteiger partial charge is 0.497 e. The van der Waals surface area contributed by atoms with Crippen molar-refractivity contribution in [3.8, 4) is 5.75 Å². The van der Waals surface area contributed by atoms with Gasteiger partial charge in [0.1, 0.15) is 5.75 Å². The first-order valence-electron chi connectivity index (χ1n) is 7.89.